The number of benzene rings is 1. The van der Waals surface area contributed by atoms with E-state index < -0.39 is 0 Å². The molecular formula is C15H22N2O2. The van der Waals surface area contributed by atoms with Crippen LogP contribution in [0.3, 0.4) is 0 Å². The van der Waals surface area contributed by atoms with E-state index in [2.05, 4.69) is 0 Å². The smallest absolute Gasteiger partial charge is 0.253 e. The van der Waals surface area contributed by atoms with Gasteiger partial charge in [0.2, 0.25) is 0 Å². The average Bonchev–Trinajstić information content (AvgIpc) is 2.48. The molecule has 2 rings (SSSR count). The van der Waals surface area contributed by atoms with E-state index in [9.17, 15) is 4.79 Å². The van der Waals surface area contributed by atoms with Crippen LogP contribution < -0.4 is 5.73 Å². The molecule has 104 valence electrons. The summed E-state index contributed by atoms with van der Waals surface area (Å²) in [6.45, 7) is 2.96. The predicted molar refractivity (Wildman–Crippen MR) is 75.0 cm³/mol. The molecule has 4 nitrogen and oxygen atoms in total. The van der Waals surface area contributed by atoms with Gasteiger partial charge in [0.25, 0.3) is 5.91 Å². The van der Waals surface area contributed by atoms with E-state index in [4.69, 9.17) is 10.5 Å². The zero-order valence-corrected chi connectivity index (χ0v) is 11.3. The minimum Gasteiger partial charge on any atom is -0.378 e. The standard InChI is InChI=1S/C15H22N2O2/c16-9-4-12-19-14-7-10-17(11-8-14)15(18)13-5-2-1-3-6-13/h1-3,5-6,14H,4,7-12,16H2. The lowest BCUT2D eigenvalue weighted by atomic mass is 10.1. The van der Waals surface area contributed by atoms with Gasteiger partial charge in [0.1, 0.15) is 0 Å². The SMILES string of the molecule is NCCCOC1CCN(C(=O)c2ccccc2)CC1. The summed E-state index contributed by atoms with van der Waals surface area (Å²) in [4.78, 5) is 14.2. The van der Waals surface area contributed by atoms with E-state index in [1.807, 2.05) is 35.2 Å². The van der Waals surface area contributed by atoms with Crippen LogP contribution in [0, 0.1) is 0 Å². The maximum atomic E-state index is 12.2. The molecule has 1 aliphatic rings. The van der Waals surface area contributed by atoms with Gasteiger partial charge in [-0.3, -0.25) is 4.79 Å². The van der Waals surface area contributed by atoms with Gasteiger partial charge in [0.05, 0.1) is 6.10 Å². The Morgan fingerprint density at radius 2 is 1.95 bits per heavy atom. The summed E-state index contributed by atoms with van der Waals surface area (Å²) < 4.78 is 5.74. The number of hydrogen-bond donors (Lipinski definition) is 1. The highest BCUT2D eigenvalue weighted by atomic mass is 16.5. The average molecular weight is 262 g/mol. The van der Waals surface area contributed by atoms with Gasteiger partial charge in [0, 0.05) is 25.3 Å². The molecule has 0 aliphatic carbocycles. The lowest BCUT2D eigenvalue weighted by Gasteiger charge is -2.32. The van der Waals surface area contributed by atoms with Crippen molar-refractivity contribution >= 4 is 5.91 Å². The number of carbonyl (C=O) groups excluding carboxylic acids is 1. The zero-order valence-electron chi connectivity index (χ0n) is 11.3. The Morgan fingerprint density at radius 1 is 1.26 bits per heavy atom. The van der Waals surface area contributed by atoms with Crippen LogP contribution in [0.4, 0.5) is 0 Å². The number of hydrogen-bond acceptors (Lipinski definition) is 3. The molecule has 0 aromatic heterocycles. The first-order valence-electron chi connectivity index (χ1n) is 6.97. The largest absolute Gasteiger partial charge is 0.378 e. The first-order chi connectivity index (χ1) is 9.31. The van der Waals surface area contributed by atoms with Crippen molar-refractivity contribution in [3.05, 3.63) is 35.9 Å². The quantitative estimate of drug-likeness (QED) is 0.821. The molecule has 1 saturated heterocycles. The Morgan fingerprint density at radius 3 is 2.58 bits per heavy atom. The summed E-state index contributed by atoms with van der Waals surface area (Å²) in [5.41, 5.74) is 6.21. The van der Waals surface area contributed by atoms with Crippen LogP contribution in [0.2, 0.25) is 0 Å². The summed E-state index contributed by atoms with van der Waals surface area (Å²) in [6.07, 6.45) is 3.03. The first-order valence-corrected chi connectivity index (χ1v) is 6.97. The Bertz CT molecular complexity index is 386. The summed E-state index contributed by atoms with van der Waals surface area (Å²) >= 11 is 0. The number of rotatable bonds is 5. The third kappa shape index (κ3) is 4.04. The van der Waals surface area contributed by atoms with E-state index in [0.717, 1.165) is 44.5 Å². The minimum absolute atomic E-state index is 0.126. The Balaban J connectivity index is 1.78. The van der Waals surface area contributed by atoms with E-state index in [1.165, 1.54) is 0 Å². The molecule has 0 atom stereocenters. The van der Waals surface area contributed by atoms with Crippen molar-refractivity contribution in [2.45, 2.75) is 25.4 Å². The van der Waals surface area contributed by atoms with Gasteiger partial charge < -0.3 is 15.4 Å². The van der Waals surface area contributed by atoms with Crippen molar-refractivity contribution in [2.75, 3.05) is 26.2 Å². The summed E-state index contributed by atoms with van der Waals surface area (Å²) in [5.74, 6) is 0.126. The van der Waals surface area contributed by atoms with Crippen LogP contribution in [0.1, 0.15) is 29.6 Å². The van der Waals surface area contributed by atoms with Gasteiger partial charge in [-0.1, -0.05) is 18.2 Å². The lowest BCUT2D eigenvalue weighted by molar-refractivity contribution is 0.00845. The molecule has 2 N–H and O–H groups in total. The molecule has 1 aromatic carbocycles. The minimum atomic E-state index is 0.126. The second kappa shape index (κ2) is 7.26. The molecule has 0 saturated carbocycles. The van der Waals surface area contributed by atoms with E-state index >= 15 is 0 Å². The highest BCUT2D eigenvalue weighted by molar-refractivity contribution is 5.94. The summed E-state index contributed by atoms with van der Waals surface area (Å²) in [6, 6.07) is 9.46. The van der Waals surface area contributed by atoms with Crippen molar-refractivity contribution in [3.8, 4) is 0 Å². The number of piperidine rings is 1. The molecule has 1 aromatic rings. The molecule has 1 fully saturated rings. The zero-order chi connectivity index (χ0) is 13.5. The molecule has 0 bridgehead atoms. The van der Waals surface area contributed by atoms with Crippen LogP contribution in [0.15, 0.2) is 30.3 Å². The molecule has 0 radical (unpaired) electrons. The topological polar surface area (TPSA) is 55.6 Å². The molecule has 0 unspecified atom stereocenters. The second-order valence-corrected chi connectivity index (χ2v) is 4.87. The molecule has 4 heteroatoms. The van der Waals surface area contributed by atoms with Crippen LogP contribution in [-0.4, -0.2) is 43.2 Å². The third-order valence-corrected chi connectivity index (χ3v) is 3.45. The molecular weight excluding hydrogens is 240 g/mol. The summed E-state index contributed by atoms with van der Waals surface area (Å²) in [5, 5.41) is 0. The highest BCUT2D eigenvalue weighted by Crippen LogP contribution is 2.16. The van der Waals surface area contributed by atoms with Crippen molar-refractivity contribution in [3.63, 3.8) is 0 Å². The van der Waals surface area contributed by atoms with Crippen molar-refractivity contribution in [1.29, 1.82) is 0 Å². The number of ether oxygens (including phenoxy) is 1. The van der Waals surface area contributed by atoms with E-state index in [-0.39, 0.29) is 12.0 Å². The predicted octanol–water partition coefficient (Wildman–Crippen LogP) is 1.66. The van der Waals surface area contributed by atoms with Crippen molar-refractivity contribution in [2.24, 2.45) is 5.73 Å². The van der Waals surface area contributed by atoms with Gasteiger partial charge in [0.15, 0.2) is 0 Å². The van der Waals surface area contributed by atoms with Gasteiger partial charge >= 0.3 is 0 Å². The van der Waals surface area contributed by atoms with Gasteiger partial charge in [-0.05, 0) is 37.9 Å². The maximum Gasteiger partial charge on any atom is 0.253 e. The first kappa shape index (κ1) is 14.0. The highest BCUT2D eigenvalue weighted by Gasteiger charge is 2.23. The summed E-state index contributed by atoms with van der Waals surface area (Å²) in [7, 11) is 0. The normalized spacial score (nSPS) is 16.6. The number of nitrogens with zero attached hydrogens (tertiary/aromatic N) is 1. The van der Waals surface area contributed by atoms with Crippen LogP contribution >= 0.6 is 0 Å². The monoisotopic (exact) mass is 262 g/mol. The molecule has 19 heavy (non-hydrogen) atoms. The van der Waals surface area contributed by atoms with Crippen molar-refractivity contribution in [1.82, 2.24) is 4.90 Å². The van der Waals surface area contributed by atoms with Crippen LogP contribution in [0.25, 0.3) is 0 Å². The number of carbonyl (C=O) groups is 1. The Hall–Kier alpha value is -1.39. The number of likely N-dealkylation sites (tertiary alicyclic amines) is 1. The van der Waals surface area contributed by atoms with E-state index in [1.54, 1.807) is 0 Å². The Kier molecular flexibility index (Phi) is 5.36. The van der Waals surface area contributed by atoms with Gasteiger partial charge in [-0.15, -0.1) is 0 Å². The number of nitrogens with two attached hydrogens (primary N) is 1. The van der Waals surface area contributed by atoms with Crippen LogP contribution in [0.5, 0.6) is 0 Å². The Labute approximate surface area is 114 Å². The molecule has 0 spiro atoms. The van der Waals surface area contributed by atoms with Gasteiger partial charge in [-0.2, -0.15) is 0 Å². The fourth-order valence-corrected chi connectivity index (χ4v) is 2.32. The third-order valence-electron chi connectivity index (χ3n) is 3.45. The fourth-order valence-electron chi connectivity index (χ4n) is 2.32. The molecule has 1 heterocycles. The lowest BCUT2D eigenvalue weighted by Crippen LogP contribution is -2.41. The maximum absolute atomic E-state index is 12.2. The molecule has 1 amide bonds. The van der Waals surface area contributed by atoms with Crippen molar-refractivity contribution < 1.29 is 9.53 Å². The van der Waals surface area contributed by atoms with E-state index in [0.29, 0.717) is 6.54 Å². The van der Waals surface area contributed by atoms with Gasteiger partial charge in [-0.25, -0.2) is 0 Å². The van der Waals surface area contributed by atoms with Crippen LogP contribution in [-0.2, 0) is 4.74 Å². The fraction of sp³-hybridized carbons (Fsp3) is 0.533. The number of amides is 1. The second-order valence-electron chi connectivity index (χ2n) is 4.87. The molecule has 1 aliphatic heterocycles.